The number of halogens is 3. The first-order chi connectivity index (χ1) is 9.13. The number of benzene rings is 2. The third kappa shape index (κ3) is 2.73. The molecule has 0 aliphatic heterocycles. The third-order valence-corrected chi connectivity index (χ3v) is 4.33. The topological polar surface area (TPSA) is 17.8 Å². The van der Waals surface area contributed by atoms with Gasteiger partial charge in [-0.15, -0.1) is 0 Å². The lowest BCUT2D eigenvalue weighted by Crippen LogP contribution is -2.01. The van der Waals surface area contributed by atoms with Crippen molar-refractivity contribution in [2.45, 2.75) is 6.54 Å². The van der Waals surface area contributed by atoms with E-state index in [1.54, 1.807) is 0 Å². The van der Waals surface area contributed by atoms with Gasteiger partial charge in [-0.05, 0) is 52.4 Å². The van der Waals surface area contributed by atoms with Crippen LogP contribution in [-0.4, -0.2) is 9.78 Å². The van der Waals surface area contributed by atoms with Crippen molar-refractivity contribution in [3.8, 4) is 0 Å². The van der Waals surface area contributed by atoms with Gasteiger partial charge in [0.2, 0.25) is 0 Å². The van der Waals surface area contributed by atoms with Gasteiger partial charge < -0.3 is 0 Å². The molecule has 3 aromatic rings. The molecule has 0 amide bonds. The molecule has 19 heavy (non-hydrogen) atoms. The van der Waals surface area contributed by atoms with E-state index in [-0.39, 0.29) is 0 Å². The van der Waals surface area contributed by atoms with Crippen molar-refractivity contribution >= 4 is 56.7 Å². The summed E-state index contributed by atoms with van der Waals surface area (Å²) in [6, 6.07) is 11.9. The van der Waals surface area contributed by atoms with Crippen LogP contribution in [0.1, 0.15) is 5.56 Å². The molecule has 0 unspecified atom stereocenters. The maximum atomic E-state index is 6.03. The molecule has 2 nitrogen and oxygen atoms in total. The molecule has 2 aromatic carbocycles. The van der Waals surface area contributed by atoms with E-state index in [0.29, 0.717) is 16.6 Å². The summed E-state index contributed by atoms with van der Waals surface area (Å²) in [4.78, 5) is 0. The highest BCUT2D eigenvalue weighted by Gasteiger charge is 2.05. The van der Waals surface area contributed by atoms with Crippen molar-refractivity contribution in [3.05, 3.63) is 61.8 Å². The summed E-state index contributed by atoms with van der Waals surface area (Å²) in [6.07, 6.45) is 1.88. The molecule has 0 spiro atoms. The molecule has 3 rings (SSSR count). The normalized spacial score (nSPS) is 11.1. The van der Waals surface area contributed by atoms with E-state index >= 15 is 0 Å². The Hall–Kier alpha value is -0.780. The quantitative estimate of drug-likeness (QED) is 0.551. The molecule has 0 aliphatic rings. The van der Waals surface area contributed by atoms with Crippen LogP contribution < -0.4 is 0 Å². The molecular weight excluding hydrogens is 394 g/mol. The Morgan fingerprint density at radius 1 is 1.05 bits per heavy atom. The van der Waals surface area contributed by atoms with E-state index in [1.807, 2.05) is 29.1 Å². The van der Waals surface area contributed by atoms with E-state index in [4.69, 9.17) is 23.2 Å². The number of nitrogens with zero attached hydrogens (tertiary/aromatic N) is 2. The lowest BCUT2D eigenvalue weighted by atomic mass is 10.2. The predicted octanol–water partition coefficient (Wildman–Crippen LogP) is 5.00. The minimum absolute atomic E-state index is 0.574. The molecule has 0 atom stereocenters. The summed E-state index contributed by atoms with van der Waals surface area (Å²) < 4.78 is 3.16. The Morgan fingerprint density at radius 3 is 2.68 bits per heavy atom. The molecule has 96 valence electrons. The van der Waals surface area contributed by atoms with Crippen LogP contribution in [0.15, 0.2) is 42.6 Å². The molecule has 5 heteroatoms. The zero-order valence-corrected chi connectivity index (χ0v) is 13.4. The Bertz CT molecular complexity index is 752. The van der Waals surface area contributed by atoms with Crippen LogP contribution in [0.3, 0.4) is 0 Å². The van der Waals surface area contributed by atoms with Crippen LogP contribution >= 0.6 is 45.8 Å². The number of aromatic nitrogens is 2. The molecule has 0 saturated carbocycles. The van der Waals surface area contributed by atoms with Crippen molar-refractivity contribution < 1.29 is 0 Å². The molecule has 0 bridgehead atoms. The van der Waals surface area contributed by atoms with E-state index < -0.39 is 0 Å². The first-order valence-electron chi connectivity index (χ1n) is 5.68. The highest BCUT2D eigenvalue weighted by Crippen LogP contribution is 2.24. The molecule has 0 aliphatic carbocycles. The van der Waals surface area contributed by atoms with Crippen LogP contribution in [0.25, 0.3) is 10.9 Å². The second-order valence-electron chi connectivity index (χ2n) is 4.25. The minimum Gasteiger partial charge on any atom is -0.260 e. The van der Waals surface area contributed by atoms with Gasteiger partial charge >= 0.3 is 0 Å². The van der Waals surface area contributed by atoms with Gasteiger partial charge in [0, 0.05) is 8.96 Å². The van der Waals surface area contributed by atoms with Crippen LogP contribution in [0.5, 0.6) is 0 Å². The van der Waals surface area contributed by atoms with Gasteiger partial charge in [-0.2, -0.15) is 5.10 Å². The summed E-state index contributed by atoms with van der Waals surface area (Å²) >= 11 is 14.3. The van der Waals surface area contributed by atoms with Crippen molar-refractivity contribution in [2.24, 2.45) is 0 Å². The van der Waals surface area contributed by atoms with Crippen molar-refractivity contribution in [1.29, 1.82) is 0 Å². The summed E-state index contributed by atoms with van der Waals surface area (Å²) in [6.45, 7) is 0.681. The van der Waals surface area contributed by atoms with Crippen molar-refractivity contribution in [1.82, 2.24) is 9.78 Å². The predicted molar refractivity (Wildman–Crippen MR) is 88.0 cm³/mol. The maximum absolute atomic E-state index is 6.03. The molecule has 0 N–H and O–H groups in total. The van der Waals surface area contributed by atoms with E-state index in [1.165, 1.54) is 3.57 Å². The zero-order valence-electron chi connectivity index (χ0n) is 9.78. The second-order valence-corrected chi connectivity index (χ2v) is 6.31. The van der Waals surface area contributed by atoms with Gasteiger partial charge in [0.05, 0.1) is 28.3 Å². The van der Waals surface area contributed by atoms with Gasteiger partial charge in [0.25, 0.3) is 0 Å². The highest BCUT2D eigenvalue weighted by atomic mass is 127. The fraction of sp³-hybridized carbons (Fsp3) is 0.0714. The SMILES string of the molecule is Clc1ccc(Cn2ncc3ccc(I)cc32)cc1Cl. The van der Waals surface area contributed by atoms with Gasteiger partial charge in [-0.25, -0.2) is 0 Å². The van der Waals surface area contributed by atoms with E-state index in [2.05, 4.69) is 45.9 Å². The molecule has 1 heterocycles. The maximum Gasteiger partial charge on any atom is 0.0696 e. The van der Waals surface area contributed by atoms with Gasteiger partial charge in [-0.1, -0.05) is 35.3 Å². The average molecular weight is 403 g/mol. The number of hydrogen-bond acceptors (Lipinski definition) is 1. The van der Waals surface area contributed by atoms with Crippen LogP contribution in [0.2, 0.25) is 10.0 Å². The molecule has 1 aromatic heterocycles. The monoisotopic (exact) mass is 402 g/mol. The first-order valence-corrected chi connectivity index (χ1v) is 7.52. The van der Waals surface area contributed by atoms with E-state index in [0.717, 1.165) is 16.5 Å². The molecule has 0 saturated heterocycles. The Kier molecular flexibility index (Phi) is 3.69. The Balaban J connectivity index is 2.00. The van der Waals surface area contributed by atoms with Gasteiger partial charge in [0.15, 0.2) is 0 Å². The van der Waals surface area contributed by atoms with Crippen LogP contribution in [0.4, 0.5) is 0 Å². The Morgan fingerprint density at radius 2 is 1.89 bits per heavy atom. The van der Waals surface area contributed by atoms with Crippen LogP contribution in [0, 0.1) is 3.57 Å². The third-order valence-electron chi connectivity index (χ3n) is 2.92. The number of rotatable bonds is 2. The van der Waals surface area contributed by atoms with Crippen molar-refractivity contribution in [3.63, 3.8) is 0 Å². The zero-order chi connectivity index (χ0) is 13.4. The Labute approximate surface area is 134 Å². The number of fused-ring (bicyclic) bond motifs is 1. The average Bonchev–Trinajstić information content (AvgIpc) is 2.77. The van der Waals surface area contributed by atoms with Crippen molar-refractivity contribution in [2.75, 3.05) is 0 Å². The fourth-order valence-corrected chi connectivity index (χ4v) is 2.78. The highest BCUT2D eigenvalue weighted by molar-refractivity contribution is 14.1. The molecular formula is C14H9Cl2IN2. The lowest BCUT2D eigenvalue weighted by Gasteiger charge is -2.05. The number of hydrogen-bond donors (Lipinski definition) is 0. The summed E-state index contributed by atoms with van der Waals surface area (Å²) in [7, 11) is 0. The van der Waals surface area contributed by atoms with Gasteiger partial charge in [0.1, 0.15) is 0 Å². The summed E-state index contributed by atoms with van der Waals surface area (Å²) in [5, 5.41) is 6.71. The van der Waals surface area contributed by atoms with E-state index in [9.17, 15) is 0 Å². The second kappa shape index (κ2) is 5.31. The fourth-order valence-electron chi connectivity index (χ4n) is 1.98. The smallest absolute Gasteiger partial charge is 0.0696 e. The minimum atomic E-state index is 0.574. The van der Waals surface area contributed by atoms with Gasteiger partial charge in [-0.3, -0.25) is 4.68 Å². The summed E-state index contributed by atoms with van der Waals surface area (Å²) in [5.41, 5.74) is 2.20. The molecule has 0 fully saturated rings. The summed E-state index contributed by atoms with van der Waals surface area (Å²) in [5.74, 6) is 0. The lowest BCUT2D eigenvalue weighted by molar-refractivity contribution is 0.712. The standard InChI is InChI=1S/C14H9Cl2IN2/c15-12-4-1-9(5-13(12)16)8-19-14-6-11(17)3-2-10(14)7-18-19/h1-7H,8H2. The largest absolute Gasteiger partial charge is 0.260 e. The first kappa shape index (κ1) is 13.2. The van der Waals surface area contributed by atoms with Crippen LogP contribution in [-0.2, 0) is 6.54 Å². The molecule has 0 radical (unpaired) electrons.